The minimum Gasteiger partial charge on any atom is -0.473 e. The summed E-state index contributed by atoms with van der Waals surface area (Å²) in [5.74, 6) is 0.602. The van der Waals surface area contributed by atoms with Crippen LogP contribution >= 0.6 is 11.6 Å². The van der Waals surface area contributed by atoms with Crippen molar-refractivity contribution < 1.29 is 9.53 Å². The molecule has 3 aromatic rings. The minimum atomic E-state index is -0.481. The molecule has 152 valence electrons. The Morgan fingerprint density at radius 3 is 2.48 bits per heavy atom. The summed E-state index contributed by atoms with van der Waals surface area (Å²) in [6, 6.07) is 6.65. The number of benzene rings is 1. The van der Waals surface area contributed by atoms with Crippen molar-refractivity contribution in [2.24, 2.45) is 12.8 Å². The Labute approximate surface area is 174 Å². The highest BCUT2D eigenvalue weighted by Gasteiger charge is 2.26. The maximum atomic E-state index is 11.2. The number of hydrogen-bond donors (Lipinski definition) is 1. The number of ether oxygens (including phenoxy) is 1. The topological polar surface area (TPSA) is 99.2 Å². The van der Waals surface area contributed by atoms with Gasteiger partial charge in [-0.3, -0.25) is 9.48 Å². The summed E-state index contributed by atoms with van der Waals surface area (Å²) in [4.78, 5) is 22.2. The Hall–Kier alpha value is -3.13. The van der Waals surface area contributed by atoms with E-state index in [0.29, 0.717) is 28.0 Å². The SMILES string of the molecule is Cn1cc(-c2nc(N(COc3ccc(C(N)=O)cc3)C(C)(C)C)ncc2Cl)cn1. The van der Waals surface area contributed by atoms with Crippen LogP contribution in [0.4, 0.5) is 5.95 Å². The van der Waals surface area contributed by atoms with Crippen LogP contribution in [-0.4, -0.2) is 37.9 Å². The third kappa shape index (κ3) is 4.83. The van der Waals surface area contributed by atoms with Gasteiger partial charge in [-0.15, -0.1) is 0 Å². The maximum absolute atomic E-state index is 11.2. The lowest BCUT2D eigenvalue weighted by atomic mass is 10.1. The monoisotopic (exact) mass is 414 g/mol. The fourth-order valence-corrected chi connectivity index (χ4v) is 2.84. The van der Waals surface area contributed by atoms with Crippen molar-refractivity contribution in [2.75, 3.05) is 11.6 Å². The predicted octanol–water partition coefficient (Wildman–Crippen LogP) is 3.27. The van der Waals surface area contributed by atoms with Gasteiger partial charge in [-0.1, -0.05) is 11.6 Å². The highest BCUT2D eigenvalue weighted by molar-refractivity contribution is 6.32. The van der Waals surface area contributed by atoms with E-state index in [2.05, 4.69) is 15.1 Å². The standard InChI is InChI=1S/C20H23ClN6O2/c1-20(2,3)27(12-29-15-7-5-13(6-8-15)18(22)28)19-23-10-16(21)17(25-19)14-9-24-26(4)11-14/h5-11H,12H2,1-4H3,(H2,22,28). The zero-order valence-electron chi connectivity index (χ0n) is 16.8. The molecule has 0 radical (unpaired) electrons. The number of nitrogens with zero attached hydrogens (tertiary/aromatic N) is 5. The average Bonchev–Trinajstić information content (AvgIpc) is 3.08. The second-order valence-corrected chi connectivity index (χ2v) is 7.94. The first kappa shape index (κ1) is 20.6. The Kier molecular flexibility index (Phi) is 5.74. The molecule has 1 aromatic carbocycles. The molecule has 0 unspecified atom stereocenters. The highest BCUT2D eigenvalue weighted by atomic mass is 35.5. The number of rotatable bonds is 6. The van der Waals surface area contributed by atoms with E-state index >= 15 is 0 Å². The third-order valence-corrected chi connectivity index (χ3v) is 4.54. The Morgan fingerprint density at radius 1 is 1.24 bits per heavy atom. The maximum Gasteiger partial charge on any atom is 0.248 e. The first-order chi connectivity index (χ1) is 13.6. The second-order valence-electron chi connectivity index (χ2n) is 7.53. The summed E-state index contributed by atoms with van der Waals surface area (Å²) >= 11 is 6.32. The lowest BCUT2D eigenvalue weighted by Gasteiger charge is -2.35. The quantitative estimate of drug-likeness (QED) is 0.621. The van der Waals surface area contributed by atoms with Gasteiger partial charge in [0.25, 0.3) is 0 Å². The molecule has 0 atom stereocenters. The number of aryl methyl sites for hydroxylation is 1. The normalized spacial score (nSPS) is 11.3. The average molecular weight is 415 g/mol. The molecule has 2 N–H and O–H groups in total. The van der Waals surface area contributed by atoms with Gasteiger partial charge in [0.05, 0.1) is 23.1 Å². The number of primary amides is 1. The number of hydrogen-bond acceptors (Lipinski definition) is 6. The van der Waals surface area contributed by atoms with Gasteiger partial charge in [0.1, 0.15) is 5.75 Å². The van der Waals surface area contributed by atoms with Gasteiger partial charge in [-0.25, -0.2) is 9.97 Å². The van der Waals surface area contributed by atoms with Crippen LogP contribution < -0.4 is 15.4 Å². The number of anilines is 1. The van der Waals surface area contributed by atoms with E-state index in [1.807, 2.05) is 38.9 Å². The zero-order chi connectivity index (χ0) is 21.2. The van der Waals surface area contributed by atoms with Crippen molar-refractivity contribution in [2.45, 2.75) is 26.3 Å². The van der Waals surface area contributed by atoms with E-state index < -0.39 is 5.91 Å². The second kappa shape index (κ2) is 8.08. The van der Waals surface area contributed by atoms with Gasteiger partial charge in [-0.05, 0) is 45.0 Å². The van der Waals surface area contributed by atoms with Crippen LogP contribution in [0.5, 0.6) is 5.75 Å². The van der Waals surface area contributed by atoms with E-state index in [0.717, 1.165) is 5.56 Å². The van der Waals surface area contributed by atoms with E-state index in [1.54, 1.807) is 41.3 Å². The molecule has 9 heteroatoms. The smallest absolute Gasteiger partial charge is 0.248 e. The summed E-state index contributed by atoms with van der Waals surface area (Å²) in [7, 11) is 1.83. The molecule has 1 amide bonds. The fraction of sp³-hybridized carbons (Fsp3) is 0.300. The van der Waals surface area contributed by atoms with Gasteiger partial charge in [-0.2, -0.15) is 5.10 Å². The van der Waals surface area contributed by atoms with Gasteiger partial charge in [0.15, 0.2) is 6.73 Å². The predicted molar refractivity (Wildman–Crippen MR) is 112 cm³/mol. The lowest BCUT2D eigenvalue weighted by molar-refractivity contribution is 0.100. The Bertz CT molecular complexity index is 1010. The van der Waals surface area contributed by atoms with Gasteiger partial charge in [0.2, 0.25) is 11.9 Å². The van der Waals surface area contributed by atoms with Gasteiger partial charge >= 0.3 is 0 Å². The molecule has 0 aliphatic heterocycles. The van der Waals surface area contributed by atoms with E-state index in [-0.39, 0.29) is 12.3 Å². The lowest BCUT2D eigenvalue weighted by Crippen LogP contribution is -2.45. The molecule has 3 rings (SSSR count). The van der Waals surface area contributed by atoms with Gasteiger partial charge < -0.3 is 15.4 Å². The number of aromatic nitrogens is 4. The first-order valence-electron chi connectivity index (χ1n) is 8.97. The number of halogens is 1. The molecule has 0 fully saturated rings. The van der Waals surface area contributed by atoms with Crippen molar-refractivity contribution in [3.63, 3.8) is 0 Å². The largest absolute Gasteiger partial charge is 0.473 e. The van der Waals surface area contributed by atoms with Crippen molar-refractivity contribution in [1.82, 2.24) is 19.7 Å². The number of carbonyl (C=O) groups is 1. The first-order valence-corrected chi connectivity index (χ1v) is 9.35. The summed E-state index contributed by atoms with van der Waals surface area (Å²) in [5.41, 5.74) is 6.78. The van der Waals surface area contributed by atoms with Crippen LogP contribution in [0.1, 0.15) is 31.1 Å². The Morgan fingerprint density at radius 2 is 1.93 bits per heavy atom. The molecular weight excluding hydrogens is 392 g/mol. The Balaban J connectivity index is 1.86. The molecule has 29 heavy (non-hydrogen) atoms. The number of carbonyl (C=O) groups excluding carboxylic acids is 1. The van der Waals surface area contributed by atoms with Crippen LogP contribution in [0.2, 0.25) is 5.02 Å². The molecule has 8 nitrogen and oxygen atoms in total. The molecule has 2 heterocycles. The summed E-state index contributed by atoms with van der Waals surface area (Å²) in [6.45, 7) is 6.31. The van der Waals surface area contributed by atoms with Crippen LogP contribution in [0.15, 0.2) is 42.9 Å². The molecule has 0 saturated carbocycles. The zero-order valence-corrected chi connectivity index (χ0v) is 17.5. The van der Waals surface area contributed by atoms with Crippen molar-refractivity contribution in [3.8, 4) is 17.0 Å². The molecule has 0 aliphatic rings. The number of nitrogens with two attached hydrogens (primary N) is 1. The molecule has 2 aromatic heterocycles. The molecule has 0 aliphatic carbocycles. The molecular formula is C20H23ClN6O2. The summed E-state index contributed by atoms with van der Waals surface area (Å²) in [6.07, 6.45) is 5.12. The minimum absolute atomic E-state index is 0.202. The summed E-state index contributed by atoms with van der Waals surface area (Å²) in [5, 5.41) is 4.62. The highest BCUT2D eigenvalue weighted by Crippen LogP contribution is 2.29. The van der Waals surface area contributed by atoms with Crippen LogP contribution in [0, 0.1) is 0 Å². The third-order valence-electron chi connectivity index (χ3n) is 4.26. The molecule has 0 bridgehead atoms. The van der Waals surface area contributed by atoms with Gasteiger partial charge in [0, 0.05) is 29.9 Å². The van der Waals surface area contributed by atoms with Crippen LogP contribution in [0.25, 0.3) is 11.3 Å². The van der Waals surface area contributed by atoms with Crippen molar-refractivity contribution in [3.05, 3.63) is 53.4 Å². The van der Waals surface area contributed by atoms with E-state index in [4.69, 9.17) is 22.1 Å². The van der Waals surface area contributed by atoms with Crippen molar-refractivity contribution in [1.29, 1.82) is 0 Å². The van der Waals surface area contributed by atoms with E-state index in [1.165, 1.54) is 0 Å². The van der Waals surface area contributed by atoms with Crippen molar-refractivity contribution >= 4 is 23.5 Å². The molecule has 0 saturated heterocycles. The molecule has 0 spiro atoms. The van der Waals surface area contributed by atoms with Crippen LogP contribution in [0.3, 0.4) is 0 Å². The van der Waals surface area contributed by atoms with Crippen LogP contribution in [-0.2, 0) is 7.05 Å². The summed E-state index contributed by atoms with van der Waals surface area (Å²) < 4.78 is 7.60. The fourth-order valence-electron chi connectivity index (χ4n) is 2.64. The van der Waals surface area contributed by atoms with E-state index in [9.17, 15) is 4.79 Å². The number of amides is 1.